The maximum absolute atomic E-state index is 5.62. The number of halogens is 1. The van der Waals surface area contributed by atoms with E-state index < -0.39 is 0 Å². The van der Waals surface area contributed by atoms with E-state index in [0.29, 0.717) is 16.5 Å². The van der Waals surface area contributed by atoms with Crippen LogP contribution in [0.5, 0.6) is 0 Å². The van der Waals surface area contributed by atoms with Crippen LogP contribution in [0.2, 0.25) is 5.15 Å². The van der Waals surface area contributed by atoms with Gasteiger partial charge in [0.1, 0.15) is 0 Å². The second-order valence-electron chi connectivity index (χ2n) is 2.16. The maximum Gasteiger partial charge on any atom is 0.156 e. The van der Waals surface area contributed by atoms with Crippen molar-refractivity contribution in [1.82, 2.24) is 14.6 Å². The molecule has 0 saturated heterocycles. The summed E-state index contributed by atoms with van der Waals surface area (Å²) in [7, 11) is 0. The molecule has 0 aliphatic heterocycles. The standard InChI is InChI=1S/C6H5ClN4/c7-5-1-6-9-2-4(8)3-11(6)10-5/h1-3H,8H2. The molecule has 2 aromatic rings. The number of nitrogen functional groups attached to an aromatic ring is 1. The molecule has 5 heteroatoms. The summed E-state index contributed by atoms with van der Waals surface area (Å²) in [4.78, 5) is 3.99. The molecule has 0 aliphatic carbocycles. The topological polar surface area (TPSA) is 56.2 Å². The predicted octanol–water partition coefficient (Wildman–Crippen LogP) is 0.965. The summed E-state index contributed by atoms with van der Waals surface area (Å²) in [5, 5.41) is 4.33. The third-order valence-electron chi connectivity index (χ3n) is 1.30. The third kappa shape index (κ3) is 1.01. The summed E-state index contributed by atoms with van der Waals surface area (Å²) in [6.45, 7) is 0. The van der Waals surface area contributed by atoms with Crippen LogP contribution < -0.4 is 5.73 Å². The number of hydrogen-bond donors (Lipinski definition) is 1. The molecule has 0 unspecified atom stereocenters. The highest BCUT2D eigenvalue weighted by molar-refractivity contribution is 6.29. The molecule has 2 aromatic heterocycles. The molecule has 2 N–H and O–H groups in total. The summed E-state index contributed by atoms with van der Waals surface area (Å²) in [6, 6.07) is 1.67. The minimum atomic E-state index is 0.420. The molecule has 0 spiro atoms. The molecule has 4 nitrogen and oxygen atoms in total. The van der Waals surface area contributed by atoms with Crippen molar-refractivity contribution in [2.24, 2.45) is 0 Å². The molecule has 0 radical (unpaired) electrons. The lowest BCUT2D eigenvalue weighted by molar-refractivity contribution is 0.943. The first-order valence-electron chi connectivity index (χ1n) is 3.02. The summed E-state index contributed by atoms with van der Waals surface area (Å²) in [6.07, 6.45) is 3.22. The van der Waals surface area contributed by atoms with Crippen LogP contribution in [0, 0.1) is 0 Å². The number of hydrogen-bond acceptors (Lipinski definition) is 3. The first-order chi connectivity index (χ1) is 5.25. The van der Waals surface area contributed by atoms with E-state index in [9.17, 15) is 0 Å². The summed E-state index contributed by atoms with van der Waals surface area (Å²) < 4.78 is 1.54. The number of nitrogens with zero attached hydrogens (tertiary/aromatic N) is 3. The quantitative estimate of drug-likeness (QED) is 0.638. The van der Waals surface area contributed by atoms with E-state index >= 15 is 0 Å². The van der Waals surface area contributed by atoms with Gasteiger partial charge in [-0.05, 0) is 0 Å². The van der Waals surface area contributed by atoms with E-state index in [1.807, 2.05) is 0 Å². The van der Waals surface area contributed by atoms with Crippen LogP contribution in [-0.4, -0.2) is 14.6 Å². The fourth-order valence-electron chi connectivity index (χ4n) is 0.862. The zero-order valence-electron chi connectivity index (χ0n) is 5.53. The SMILES string of the molecule is Nc1cnc2cc(Cl)nn2c1. The van der Waals surface area contributed by atoms with E-state index in [1.54, 1.807) is 18.5 Å². The number of aromatic nitrogens is 3. The van der Waals surface area contributed by atoms with Gasteiger partial charge in [-0.1, -0.05) is 11.6 Å². The van der Waals surface area contributed by atoms with E-state index in [0.717, 1.165) is 0 Å². The monoisotopic (exact) mass is 168 g/mol. The first-order valence-corrected chi connectivity index (χ1v) is 3.40. The van der Waals surface area contributed by atoms with Crippen LogP contribution in [0.3, 0.4) is 0 Å². The zero-order chi connectivity index (χ0) is 7.84. The molecule has 0 amide bonds. The molecule has 0 fully saturated rings. The maximum atomic E-state index is 5.62. The van der Waals surface area contributed by atoms with Crippen LogP contribution in [0.15, 0.2) is 18.5 Å². The highest BCUT2D eigenvalue weighted by Crippen LogP contribution is 2.09. The molecule has 2 heterocycles. The van der Waals surface area contributed by atoms with E-state index in [2.05, 4.69) is 10.1 Å². The molecule has 2 rings (SSSR count). The Kier molecular flexibility index (Phi) is 1.22. The average Bonchev–Trinajstić information content (AvgIpc) is 2.27. The van der Waals surface area contributed by atoms with Gasteiger partial charge < -0.3 is 5.73 Å². The molecule has 0 aliphatic rings. The number of anilines is 1. The molecular formula is C6H5ClN4. The van der Waals surface area contributed by atoms with Crippen molar-refractivity contribution >= 4 is 22.9 Å². The van der Waals surface area contributed by atoms with Gasteiger partial charge in [-0.3, -0.25) is 0 Å². The highest BCUT2D eigenvalue weighted by atomic mass is 35.5. The van der Waals surface area contributed by atoms with Gasteiger partial charge in [-0.15, -0.1) is 0 Å². The normalized spacial score (nSPS) is 10.6. The predicted molar refractivity (Wildman–Crippen MR) is 42.4 cm³/mol. The smallest absolute Gasteiger partial charge is 0.156 e. The lowest BCUT2D eigenvalue weighted by Gasteiger charge is -1.91. The molecule has 0 bridgehead atoms. The number of nitrogens with two attached hydrogens (primary N) is 1. The van der Waals surface area contributed by atoms with Gasteiger partial charge in [0.05, 0.1) is 18.1 Å². The minimum absolute atomic E-state index is 0.420. The van der Waals surface area contributed by atoms with E-state index in [1.165, 1.54) is 4.52 Å². The van der Waals surface area contributed by atoms with Gasteiger partial charge in [0.25, 0.3) is 0 Å². The molecule has 56 valence electrons. The summed E-state index contributed by atoms with van der Waals surface area (Å²) >= 11 is 5.62. The Morgan fingerprint density at radius 3 is 3.18 bits per heavy atom. The van der Waals surface area contributed by atoms with E-state index in [-0.39, 0.29) is 0 Å². The van der Waals surface area contributed by atoms with Crippen LogP contribution in [-0.2, 0) is 0 Å². The Balaban J connectivity index is 2.82. The van der Waals surface area contributed by atoms with Crippen molar-refractivity contribution in [3.8, 4) is 0 Å². The van der Waals surface area contributed by atoms with Gasteiger partial charge in [0, 0.05) is 6.07 Å². The fraction of sp³-hybridized carbons (Fsp3) is 0. The lowest BCUT2D eigenvalue weighted by atomic mass is 10.5. The van der Waals surface area contributed by atoms with Crippen LogP contribution in [0.4, 0.5) is 5.69 Å². The largest absolute Gasteiger partial charge is 0.396 e. The summed E-state index contributed by atoms with van der Waals surface area (Å²) in [5.74, 6) is 0. The molecule has 11 heavy (non-hydrogen) atoms. The van der Waals surface area contributed by atoms with Crippen molar-refractivity contribution in [3.63, 3.8) is 0 Å². The van der Waals surface area contributed by atoms with Gasteiger partial charge in [0.2, 0.25) is 0 Å². The Morgan fingerprint density at radius 2 is 2.36 bits per heavy atom. The Morgan fingerprint density at radius 1 is 1.55 bits per heavy atom. The van der Waals surface area contributed by atoms with E-state index in [4.69, 9.17) is 17.3 Å². The third-order valence-corrected chi connectivity index (χ3v) is 1.49. The minimum Gasteiger partial charge on any atom is -0.396 e. The average molecular weight is 169 g/mol. The van der Waals surface area contributed by atoms with Crippen LogP contribution in [0.25, 0.3) is 5.65 Å². The Labute approximate surface area is 67.6 Å². The van der Waals surface area contributed by atoms with Gasteiger partial charge in [-0.25, -0.2) is 9.50 Å². The van der Waals surface area contributed by atoms with Crippen molar-refractivity contribution in [2.45, 2.75) is 0 Å². The fourth-order valence-corrected chi connectivity index (χ4v) is 1.04. The second-order valence-corrected chi connectivity index (χ2v) is 2.54. The lowest BCUT2D eigenvalue weighted by Crippen LogP contribution is -1.93. The van der Waals surface area contributed by atoms with Crippen LogP contribution >= 0.6 is 11.6 Å². The number of fused-ring (bicyclic) bond motifs is 1. The molecule has 0 aromatic carbocycles. The van der Waals surface area contributed by atoms with Crippen LogP contribution in [0.1, 0.15) is 0 Å². The van der Waals surface area contributed by atoms with Crippen molar-refractivity contribution in [1.29, 1.82) is 0 Å². The molecular weight excluding hydrogens is 164 g/mol. The van der Waals surface area contributed by atoms with Crippen molar-refractivity contribution in [3.05, 3.63) is 23.6 Å². The zero-order valence-corrected chi connectivity index (χ0v) is 6.28. The van der Waals surface area contributed by atoms with Gasteiger partial charge in [-0.2, -0.15) is 5.10 Å². The first kappa shape index (κ1) is 6.42. The highest BCUT2D eigenvalue weighted by Gasteiger charge is 1.98. The van der Waals surface area contributed by atoms with Crippen molar-refractivity contribution < 1.29 is 0 Å². The molecule has 0 saturated carbocycles. The number of rotatable bonds is 0. The second kappa shape index (κ2) is 2.10. The molecule has 0 atom stereocenters. The van der Waals surface area contributed by atoms with Gasteiger partial charge in [0.15, 0.2) is 10.8 Å². The van der Waals surface area contributed by atoms with Crippen molar-refractivity contribution in [2.75, 3.05) is 5.73 Å². The Bertz CT molecular complexity index is 394. The van der Waals surface area contributed by atoms with Gasteiger partial charge >= 0.3 is 0 Å². The summed E-state index contributed by atoms with van der Waals surface area (Å²) in [5.41, 5.74) is 6.73. The Hall–Kier alpha value is -1.29.